The molecule has 1 aromatic carbocycles. The van der Waals surface area contributed by atoms with Crippen LogP contribution in [-0.2, 0) is 6.42 Å². The van der Waals surface area contributed by atoms with Gasteiger partial charge >= 0.3 is 0 Å². The van der Waals surface area contributed by atoms with Crippen molar-refractivity contribution in [3.8, 4) is 0 Å². The molecule has 0 heterocycles. The number of anilines is 1. The Morgan fingerprint density at radius 1 is 1.31 bits per heavy atom. The van der Waals surface area contributed by atoms with Gasteiger partial charge in [0.15, 0.2) is 0 Å². The highest BCUT2D eigenvalue weighted by Gasteiger charge is 2.19. The highest BCUT2D eigenvalue weighted by Crippen LogP contribution is 2.28. The predicted octanol–water partition coefficient (Wildman–Crippen LogP) is 2.45. The summed E-state index contributed by atoms with van der Waals surface area (Å²) in [5, 5.41) is 9.25. The average Bonchev–Trinajstić information content (AvgIpc) is 2.16. The fraction of sp³-hybridized carbons (Fsp3) is 0.538. The predicted molar refractivity (Wildman–Crippen MR) is 65.3 cm³/mol. The van der Waals surface area contributed by atoms with Gasteiger partial charge in [0.2, 0.25) is 0 Å². The van der Waals surface area contributed by atoms with Crippen molar-refractivity contribution < 1.29 is 9.50 Å². The summed E-state index contributed by atoms with van der Waals surface area (Å²) in [6.07, 6.45) is 0.661. The van der Waals surface area contributed by atoms with Crippen molar-refractivity contribution in [2.75, 3.05) is 25.6 Å². The van der Waals surface area contributed by atoms with Gasteiger partial charge < -0.3 is 10.0 Å². The minimum atomic E-state index is -0.227. The van der Waals surface area contributed by atoms with Gasteiger partial charge in [0.25, 0.3) is 0 Å². The number of aliphatic hydroxyl groups is 1. The van der Waals surface area contributed by atoms with E-state index in [1.54, 1.807) is 12.1 Å². The zero-order chi connectivity index (χ0) is 12.3. The molecule has 0 saturated heterocycles. The number of hydrogen-bond acceptors (Lipinski definition) is 2. The fourth-order valence-corrected chi connectivity index (χ4v) is 1.70. The third kappa shape index (κ3) is 3.20. The molecule has 0 aliphatic carbocycles. The first-order valence-electron chi connectivity index (χ1n) is 5.42. The van der Waals surface area contributed by atoms with Gasteiger partial charge in [-0.15, -0.1) is 0 Å². The van der Waals surface area contributed by atoms with E-state index in [2.05, 4.69) is 0 Å². The van der Waals surface area contributed by atoms with Crippen LogP contribution in [0, 0.1) is 11.2 Å². The molecule has 3 heteroatoms. The summed E-state index contributed by atoms with van der Waals surface area (Å²) < 4.78 is 13.2. The van der Waals surface area contributed by atoms with E-state index in [1.807, 2.05) is 32.8 Å². The fourth-order valence-electron chi connectivity index (χ4n) is 1.70. The first-order chi connectivity index (χ1) is 7.35. The Kier molecular flexibility index (Phi) is 3.92. The van der Waals surface area contributed by atoms with E-state index in [0.29, 0.717) is 6.42 Å². The molecular formula is C13H20FNO. The summed E-state index contributed by atoms with van der Waals surface area (Å²) in [5.41, 5.74) is 1.71. The highest BCUT2D eigenvalue weighted by molar-refractivity contribution is 5.53. The third-order valence-electron chi connectivity index (χ3n) is 2.62. The van der Waals surface area contributed by atoms with Crippen LogP contribution in [0.1, 0.15) is 19.4 Å². The SMILES string of the molecule is CN(C)c1ccc(F)cc1CC(C)(C)CO. The number of aliphatic hydroxyl groups excluding tert-OH is 1. The van der Waals surface area contributed by atoms with Gasteiger partial charge in [0, 0.05) is 26.4 Å². The maximum Gasteiger partial charge on any atom is 0.123 e. The first kappa shape index (κ1) is 13.0. The van der Waals surface area contributed by atoms with Crippen molar-refractivity contribution in [1.29, 1.82) is 0 Å². The summed E-state index contributed by atoms with van der Waals surface area (Å²) in [6, 6.07) is 4.79. The maximum absolute atomic E-state index is 13.2. The molecule has 0 atom stereocenters. The monoisotopic (exact) mass is 225 g/mol. The van der Waals surface area contributed by atoms with Gasteiger partial charge in [-0.05, 0) is 35.6 Å². The summed E-state index contributed by atoms with van der Waals surface area (Å²) >= 11 is 0. The van der Waals surface area contributed by atoms with Gasteiger partial charge in [0.1, 0.15) is 5.82 Å². The molecule has 0 radical (unpaired) electrons. The molecule has 0 spiro atoms. The van der Waals surface area contributed by atoms with E-state index in [0.717, 1.165) is 11.3 Å². The standard InChI is InChI=1S/C13H20FNO/c1-13(2,9-16)8-10-7-11(14)5-6-12(10)15(3)4/h5-7,16H,8-9H2,1-4H3. The van der Waals surface area contributed by atoms with Crippen molar-refractivity contribution in [2.45, 2.75) is 20.3 Å². The van der Waals surface area contributed by atoms with Crippen molar-refractivity contribution in [3.05, 3.63) is 29.6 Å². The summed E-state index contributed by atoms with van der Waals surface area (Å²) in [7, 11) is 3.87. The number of nitrogens with zero attached hydrogens (tertiary/aromatic N) is 1. The lowest BCUT2D eigenvalue weighted by Gasteiger charge is -2.25. The lowest BCUT2D eigenvalue weighted by molar-refractivity contribution is 0.159. The second-order valence-electron chi connectivity index (χ2n) is 5.17. The van der Waals surface area contributed by atoms with E-state index >= 15 is 0 Å². The molecule has 90 valence electrons. The molecule has 2 nitrogen and oxygen atoms in total. The Bertz CT molecular complexity index is 361. The van der Waals surface area contributed by atoms with Crippen molar-refractivity contribution in [2.24, 2.45) is 5.41 Å². The molecule has 1 rings (SSSR count). The van der Waals surface area contributed by atoms with E-state index < -0.39 is 0 Å². The molecule has 0 amide bonds. The minimum Gasteiger partial charge on any atom is -0.396 e. The van der Waals surface area contributed by atoms with Gasteiger partial charge in [-0.25, -0.2) is 4.39 Å². The average molecular weight is 225 g/mol. The van der Waals surface area contributed by atoms with E-state index in [-0.39, 0.29) is 17.8 Å². The van der Waals surface area contributed by atoms with E-state index in [1.165, 1.54) is 6.07 Å². The molecular weight excluding hydrogens is 205 g/mol. The maximum atomic E-state index is 13.2. The molecule has 0 bridgehead atoms. The number of rotatable bonds is 4. The van der Waals surface area contributed by atoms with Crippen LogP contribution in [0.5, 0.6) is 0 Å². The van der Waals surface area contributed by atoms with Crippen LogP contribution >= 0.6 is 0 Å². The summed E-state index contributed by atoms with van der Waals surface area (Å²) in [6.45, 7) is 4.03. The smallest absolute Gasteiger partial charge is 0.123 e. The van der Waals surface area contributed by atoms with Gasteiger partial charge in [0.05, 0.1) is 0 Å². The van der Waals surface area contributed by atoms with Crippen molar-refractivity contribution in [1.82, 2.24) is 0 Å². The molecule has 1 N–H and O–H groups in total. The van der Waals surface area contributed by atoms with E-state index in [4.69, 9.17) is 0 Å². The number of hydrogen-bond donors (Lipinski definition) is 1. The Morgan fingerprint density at radius 3 is 2.44 bits per heavy atom. The molecule has 1 aromatic rings. The number of halogens is 1. The van der Waals surface area contributed by atoms with Crippen molar-refractivity contribution >= 4 is 5.69 Å². The Morgan fingerprint density at radius 2 is 1.94 bits per heavy atom. The van der Waals surface area contributed by atoms with Crippen LogP contribution in [0.3, 0.4) is 0 Å². The lowest BCUT2D eigenvalue weighted by Crippen LogP contribution is -2.22. The molecule has 0 unspecified atom stereocenters. The zero-order valence-electron chi connectivity index (χ0n) is 10.4. The normalized spacial score (nSPS) is 11.6. The Balaban J connectivity index is 3.06. The Labute approximate surface area is 96.7 Å². The van der Waals surface area contributed by atoms with Crippen LogP contribution < -0.4 is 4.90 Å². The third-order valence-corrected chi connectivity index (χ3v) is 2.62. The molecule has 0 aromatic heterocycles. The van der Waals surface area contributed by atoms with Crippen LogP contribution in [0.15, 0.2) is 18.2 Å². The summed E-state index contributed by atoms with van der Waals surface area (Å²) in [5.74, 6) is -0.227. The second-order valence-corrected chi connectivity index (χ2v) is 5.17. The lowest BCUT2D eigenvalue weighted by atomic mass is 9.86. The molecule has 0 aliphatic heterocycles. The first-order valence-corrected chi connectivity index (χ1v) is 5.42. The molecule has 0 saturated carbocycles. The second kappa shape index (κ2) is 4.83. The summed E-state index contributed by atoms with van der Waals surface area (Å²) in [4.78, 5) is 1.96. The van der Waals surface area contributed by atoms with Crippen LogP contribution in [0.4, 0.5) is 10.1 Å². The van der Waals surface area contributed by atoms with Crippen LogP contribution in [0.25, 0.3) is 0 Å². The topological polar surface area (TPSA) is 23.5 Å². The number of benzene rings is 1. The molecule has 16 heavy (non-hydrogen) atoms. The highest BCUT2D eigenvalue weighted by atomic mass is 19.1. The molecule has 0 fully saturated rings. The van der Waals surface area contributed by atoms with Crippen LogP contribution in [0.2, 0.25) is 0 Å². The van der Waals surface area contributed by atoms with Gasteiger partial charge in [-0.2, -0.15) is 0 Å². The Hall–Kier alpha value is -1.09. The molecule has 0 aliphatic rings. The van der Waals surface area contributed by atoms with Crippen LogP contribution in [-0.4, -0.2) is 25.8 Å². The van der Waals surface area contributed by atoms with Crippen molar-refractivity contribution in [3.63, 3.8) is 0 Å². The largest absolute Gasteiger partial charge is 0.396 e. The van der Waals surface area contributed by atoms with Gasteiger partial charge in [-0.3, -0.25) is 0 Å². The van der Waals surface area contributed by atoms with Gasteiger partial charge in [-0.1, -0.05) is 13.8 Å². The quantitative estimate of drug-likeness (QED) is 0.850. The minimum absolute atomic E-state index is 0.0936. The van der Waals surface area contributed by atoms with E-state index in [9.17, 15) is 9.50 Å². The zero-order valence-corrected chi connectivity index (χ0v) is 10.4.